The summed E-state index contributed by atoms with van der Waals surface area (Å²) in [5.74, 6) is -0.885. The minimum Gasteiger partial charge on any atom is -0.492 e. The largest absolute Gasteiger partial charge is 0.586 e. The third kappa shape index (κ3) is 3.89. The third-order valence-corrected chi connectivity index (χ3v) is 6.94. The Morgan fingerprint density at radius 1 is 0.973 bits per heavy atom. The van der Waals surface area contributed by atoms with Gasteiger partial charge in [-0.2, -0.15) is 0 Å². The van der Waals surface area contributed by atoms with Gasteiger partial charge in [-0.05, 0) is 36.8 Å². The fourth-order valence-electron chi connectivity index (χ4n) is 4.96. The molecule has 0 aromatic heterocycles. The van der Waals surface area contributed by atoms with E-state index in [0.717, 1.165) is 5.56 Å². The van der Waals surface area contributed by atoms with Crippen molar-refractivity contribution >= 4 is 11.9 Å². The van der Waals surface area contributed by atoms with E-state index >= 15 is 0 Å². The molecule has 6 rings (SSSR count). The number of alkyl halides is 2. The van der Waals surface area contributed by atoms with Crippen LogP contribution in [0.3, 0.4) is 0 Å². The molecule has 0 radical (unpaired) electrons. The van der Waals surface area contributed by atoms with E-state index < -0.39 is 29.8 Å². The summed E-state index contributed by atoms with van der Waals surface area (Å²) in [5, 5.41) is 12.5. The van der Waals surface area contributed by atoms with E-state index in [9.17, 15) is 23.5 Å². The van der Waals surface area contributed by atoms with Gasteiger partial charge < -0.3 is 29.4 Å². The number of nitrogens with one attached hydrogen (secondary N) is 1. The van der Waals surface area contributed by atoms with Crippen molar-refractivity contribution in [1.82, 2.24) is 5.32 Å². The Labute approximate surface area is 209 Å². The van der Waals surface area contributed by atoms with Gasteiger partial charge in [-0.15, -0.1) is 8.78 Å². The Kier molecular flexibility index (Phi) is 5.05. The monoisotopic (exact) mass is 509 g/mol. The fourth-order valence-corrected chi connectivity index (χ4v) is 4.96. The summed E-state index contributed by atoms with van der Waals surface area (Å²) >= 11 is 0. The van der Waals surface area contributed by atoms with Gasteiger partial charge in [0.05, 0.1) is 11.6 Å². The average Bonchev–Trinajstić information content (AvgIpc) is 3.37. The van der Waals surface area contributed by atoms with Crippen LogP contribution in [-0.4, -0.2) is 29.9 Å². The summed E-state index contributed by atoms with van der Waals surface area (Å²) in [6, 6.07) is 16.0. The number of carbonyl (C=O) groups excluding carboxylic acids is 1. The number of halogens is 2. The number of hydrogen-bond donors (Lipinski definition) is 2. The molecule has 1 unspecified atom stereocenters. The van der Waals surface area contributed by atoms with E-state index in [4.69, 9.17) is 9.47 Å². The number of carboxylic acids is 1. The summed E-state index contributed by atoms with van der Waals surface area (Å²) in [4.78, 5) is 25.2. The van der Waals surface area contributed by atoms with Crippen LogP contribution in [0.4, 0.5) is 8.78 Å². The van der Waals surface area contributed by atoms with Crippen molar-refractivity contribution in [2.45, 2.75) is 37.2 Å². The smallest absolute Gasteiger partial charge is 0.492 e. The van der Waals surface area contributed by atoms with Crippen molar-refractivity contribution in [2.24, 2.45) is 0 Å². The first kappa shape index (κ1) is 23.1. The molecule has 37 heavy (non-hydrogen) atoms. The van der Waals surface area contributed by atoms with E-state index in [2.05, 4.69) is 14.8 Å². The highest BCUT2D eigenvalue weighted by molar-refractivity contribution is 5.90. The van der Waals surface area contributed by atoms with Crippen LogP contribution in [-0.2, 0) is 10.2 Å². The number of aromatic carboxylic acids is 1. The van der Waals surface area contributed by atoms with Gasteiger partial charge in [0.15, 0.2) is 11.5 Å². The Hall–Kier alpha value is -4.34. The number of amides is 1. The van der Waals surface area contributed by atoms with E-state index in [1.54, 1.807) is 31.2 Å². The predicted octanol–water partition coefficient (Wildman–Crippen LogP) is 4.74. The van der Waals surface area contributed by atoms with Crippen molar-refractivity contribution in [2.75, 3.05) is 6.61 Å². The Bertz CT molecular complexity index is 1440. The molecule has 3 aromatic rings. The first-order valence-corrected chi connectivity index (χ1v) is 11.6. The lowest BCUT2D eigenvalue weighted by atomic mass is 9.82. The average molecular weight is 509 g/mol. The predicted molar refractivity (Wildman–Crippen MR) is 124 cm³/mol. The van der Waals surface area contributed by atoms with Crippen LogP contribution in [0.15, 0.2) is 60.7 Å². The molecule has 0 saturated carbocycles. The van der Waals surface area contributed by atoms with Gasteiger partial charge in [0.2, 0.25) is 5.91 Å². The van der Waals surface area contributed by atoms with Crippen LogP contribution in [0.5, 0.6) is 23.0 Å². The minimum atomic E-state index is -3.78. The first-order valence-electron chi connectivity index (χ1n) is 11.6. The summed E-state index contributed by atoms with van der Waals surface area (Å²) in [6.45, 7) is 1.68. The summed E-state index contributed by atoms with van der Waals surface area (Å²) in [6.07, 6.45) is -3.94. The van der Waals surface area contributed by atoms with Crippen molar-refractivity contribution < 1.29 is 42.4 Å². The Morgan fingerprint density at radius 3 is 2.51 bits per heavy atom. The van der Waals surface area contributed by atoms with E-state index in [1.165, 1.54) is 18.2 Å². The SMILES string of the molecule is CC1(C(=O)N[C@@H]2C[C@H](c3cccc(C(=O)O)c3)Oc3ccccc32)COc2cc3c(cc21)OC(F)(F)O3. The lowest BCUT2D eigenvalue weighted by Gasteiger charge is -2.34. The second-order valence-corrected chi connectivity index (χ2v) is 9.42. The molecule has 8 nitrogen and oxygen atoms in total. The zero-order valence-electron chi connectivity index (χ0n) is 19.5. The fraction of sp³-hybridized carbons (Fsp3) is 0.259. The number of ether oxygens (including phenoxy) is 4. The third-order valence-electron chi connectivity index (χ3n) is 6.94. The second-order valence-electron chi connectivity index (χ2n) is 9.42. The molecule has 0 bridgehead atoms. The molecule has 0 spiro atoms. The summed E-state index contributed by atoms with van der Waals surface area (Å²) in [7, 11) is 0. The highest BCUT2D eigenvalue weighted by Crippen LogP contribution is 2.50. The van der Waals surface area contributed by atoms with Crippen molar-refractivity contribution in [3.8, 4) is 23.0 Å². The van der Waals surface area contributed by atoms with E-state index in [-0.39, 0.29) is 35.3 Å². The topological polar surface area (TPSA) is 103 Å². The second kappa shape index (κ2) is 8.09. The summed E-state index contributed by atoms with van der Waals surface area (Å²) in [5.41, 5.74) is 0.808. The van der Waals surface area contributed by atoms with Gasteiger partial charge in [-0.1, -0.05) is 30.3 Å². The maximum absolute atomic E-state index is 13.7. The molecule has 0 fully saturated rings. The van der Waals surface area contributed by atoms with Gasteiger partial charge in [-0.3, -0.25) is 4.79 Å². The Balaban J connectivity index is 1.30. The maximum atomic E-state index is 13.7. The standard InChI is InChI=1S/C27H21F2NO7/c1-26(13-34-21-12-23-22(10-17(21)26)36-27(28,29)37-23)25(33)30-18-11-20(35-19-8-3-2-7-16(18)19)14-5-4-6-15(9-14)24(31)32/h2-10,12,18,20H,11,13H2,1H3,(H,30,33)(H,31,32)/t18-,20-,26?/m1/s1. The van der Waals surface area contributed by atoms with Crippen LogP contribution < -0.4 is 24.3 Å². The highest BCUT2D eigenvalue weighted by atomic mass is 19.3. The molecule has 2 N–H and O–H groups in total. The zero-order valence-corrected chi connectivity index (χ0v) is 19.5. The van der Waals surface area contributed by atoms with Gasteiger partial charge in [0.25, 0.3) is 0 Å². The lowest BCUT2D eigenvalue weighted by molar-refractivity contribution is -0.286. The minimum absolute atomic E-state index is 0.00239. The summed E-state index contributed by atoms with van der Waals surface area (Å²) < 4.78 is 48.1. The van der Waals surface area contributed by atoms with Crippen LogP contribution >= 0.6 is 0 Å². The number of rotatable bonds is 4. The maximum Gasteiger partial charge on any atom is 0.586 e. The normalized spacial score (nSPS) is 24.3. The van der Waals surface area contributed by atoms with Gasteiger partial charge in [-0.25, -0.2) is 4.79 Å². The molecule has 10 heteroatoms. The number of benzene rings is 3. The van der Waals surface area contributed by atoms with Crippen molar-refractivity contribution in [3.05, 3.63) is 82.9 Å². The molecule has 1 amide bonds. The van der Waals surface area contributed by atoms with E-state index in [1.807, 2.05) is 18.2 Å². The molecule has 3 heterocycles. The molecule has 3 atom stereocenters. The first-order chi connectivity index (χ1) is 17.6. The van der Waals surface area contributed by atoms with Crippen LogP contribution in [0, 0.1) is 0 Å². The highest BCUT2D eigenvalue weighted by Gasteiger charge is 2.49. The lowest BCUT2D eigenvalue weighted by Crippen LogP contribution is -2.46. The van der Waals surface area contributed by atoms with Crippen LogP contribution in [0.2, 0.25) is 0 Å². The molecule has 0 aliphatic carbocycles. The number of fused-ring (bicyclic) bond motifs is 3. The quantitative estimate of drug-likeness (QED) is 0.524. The molecular formula is C27H21F2NO7. The molecule has 3 aliphatic rings. The Morgan fingerprint density at radius 2 is 1.73 bits per heavy atom. The zero-order chi connectivity index (χ0) is 25.9. The molecule has 190 valence electrons. The van der Waals surface area contributed by atoms with Crippen molar-refractivity contribution in [3.63, 3.8) is 0 Å². The van der Waals surface area contributed by atoms with Gasteiger partial charge >= 0.3 is 12.3 Å². The van der Waals surface area contributed by atoms with E-state index in [0.29, 0.717) is 23.3 Å². The number of para-hydroxylation sites is 1. The molecular weight excluding hydrogens is 488 g/mol. The number of hydrogen-bond acceptors (Lipinski definition) is 6. The molecule has 0 saturated heterocycles. The van der Waals surface area contributed by atoms with Crippen molar-refractivity contribution in [1.29, 1.82) is 0 Å². The molecule has 3 aromatic carbocycles. The van der Waals surface area contributed by atoms with Crippen LogP contribution in [0.25, 0.3) is 0 Å². The number of carboxylic acid groups (broad SMARTS) is 1. The number of carbonyl (C=O) groups is 2. The van der Waals surface area contributed by atoms with Gasteiger partial charge in [0.1, 0.15) is 29.6 Å². The van der Waals surface area contributed by atoms with Gasteiger partial charge in [0, 0.05) is 23.6 Å². The molecule has 3 aliphatic heterocycles. The van der Waals surface area contributed by atoms with Crippen LogP contribution in [0.1, 0.15) is 52.5 Å².